The predicted molar refractivity (Wildman–Crippen MR) is 72.5 cm³/mol. The van der Waals surface area contributed by atoms with Crippen molar-refractivity contribution >= 4 is 0 Å². The lowest BCUT2D eigenvalue weighted by molar-refractivity contribution is 0.217. The molecule has 2 aliphatic rings. The molecule has 1 N–H and O–H groups in total. The Balaban J connectivity index is 1.58. The van der Waals surface area contributed by atoms with Crippen LogP contribution in [0.3, 0.4) is 0 Å². The molecule has 0 spiro atoms. The van der Waals surface area contributed by atoms with Gasteiger partial charge in [0.05, 0.1) is 11.7 Å². The molecule has 0 bridgehead atoms. The summed E-state index contributed by atoms with van der Waals surface area (Å²) in [6, 6.07) is 2.82. The van der Waals surface area contributed by atoms with Crippen molar-refractivity contribution in [2.75, 3.05) is 26.2 Å². The maximum absolute atomic E-state index is 4.78. The average molecular weight is 248 g/mol. The number of nitrogens with zero attached hydrogens (tertiary/aromatic N) is 3. The van der Waals surface area contributed by atoms with Gasteiger partial charge in [0, 0.05) is 12.7 Å². The van der Waals surface area contributed by atoms with Gasteiger partial charge in [0.15, 0.2) is 0 Å². The number of rotatable bonds is 3. The van der Waals surface area contributed by atoms with Crippen LogP contribution < -0.4 is 5.32 Å². The van der Waals surface area contributed by atoms with Gasteiger partial charge < -0.3 is 5.32 Å². The van der Waals surface area contributed by atoms with Gasteiger partial charge in [-0.15, -0.1) is 0 Å². The Hall–Kier alpha value is -0.870. The Bertz CT molecular complexity index is 362. The van der Waals surface area contributed by atoms with E-state index in [2.05, 4.69) is 27.2 Å². The lowest BCUT2D eigenvalue weighted by Crippen LogP contribution is -2.30. The number of piperidine rings is 2. The molecule has 0 atom stereocenters. The van der Waals surface area contributed by atoms with Crippen LogP contribution >= 0.6 is 0 Å². The number of likely N-dealkylation sites (tertiary alicyclic amines) is 1. The third-order valence-electron chi connectivity index (χ3n) is 4.18. The summed E-state index contributed by atoms with van der Waals surface area (Å²) in [6.07, 6.45) is 8.72. The largest absolute Gasteiger partial charge is 0.317 e. The second-order valence-electron chi connectivity index (χ2n) is 5.61. The fourth-order valence-electron chi connectivity index (χ4n) is 3.08. The smallest absolute Gasteiger partial charge is 0.0764 e. The minimum atomic E-state index is 0.612. The summed E-state index contributed by atoms with van der Waals surface area (Å²) in [5, 5.41) is 8.18. The molecular weight excluding hydrogens is 224 g/mol. The van der Waals surface area contributed by atoms with Crippen molar-refractivity contribution in [3.05, 3.63) is 18.0 Å². The van der Waals surface area contributed by atoms with E-state index >= 15 is 0 Å². The van der Waals surface area contributed by atoms with E-state index in [4.69, 9.17) is 5.10 Å². The standard InChI is InChI=1S/C14H24N4/c1-2-9-17(10-3-1)12-13-6-11-18(16-13)14-4-7-15-8-5-14/h6,11,14-15H,1-5,7-10,12H2. The predicted octanol–water partition coefficient (Wildman–Crippen LogP) is 1.79. The fourth-order valence-corrected chi connectivity index (χ4v) is 3.08. The molecule has 18 heavy (non-hydrogen) atoms. The number of aromatic nitrogens is 2. The van der Waals surface area contributed by atoms with Gasteiger partial charge in [0.1, 0.15) is 0 Å². The van der Waals surface area contributed by atoms with Crippen LogP contribution in [0.25, 0.3) is 0 Å². The third-order valence-corrected chi connectivity index (χ3v) is 4.18. The van der Waals surface area contributed by atoms with Crippen molar-refractivity contribution in [2.45, 2.75) is 44.7 Å². The van der Waals surface area contributed by atoms with Crippen LogP contribution in [-0.4, -0.2) is 40.9 Å². The highest BCUT2D eigenvalue weighted by atomic mass is 15.3. The SMILES string of the molecule is c1cn(C2CCNCC2)nc1CN1CCCCC1. The van der Waals surface area contributed by atoms with E-state index in [1.807, 2.05) is 0 Å². The zero-order valence-corrected chi connectivity index (χ0v) is 11.1. The van der Waals surface area contributed by atoms with Crippen molar-refractivity contribution < 1.29 is 0 Å². The summed E-state index contributed by atoms with van der Waals surface area (Å²) < 4.78 is 2.19. The van der Waals surface area contributed by atoms with Gasteiger partial charge in [0.2, 0.25) is 0 Å². The molecule has 0 radical (unpaired) electrons. The Morgan fingerprint density at radius 2 is 1.94 bits per heavy atom. The lowest BCUT2D eigenvalue weighted by atomic mass is 10.1. The molecule has 0 amide bonds. The second kappa shape index (κ2) is 5.85. The van der Waals surface area contributed by atoms with Gasteiger partial charge in [-0.1, -0.05) is 6.42 Å². The van der Waals surface area contributed by atoms with Crippen molar-refractivity contribution in [3.63, 3.8) is 0 Å². The summed E-state index contributed by atoms with van der Waals surface area (Å²) in [7, 11) is 0. The molecule has 3 heterocycles. The first kappa shape index (κ1) is 12.2. The van der Waals surface area contributed by atoms with Crippen LogP contribution in [-0.2, 0) is 6.54 Å². The van der Waals surface area contributed by atoms with E-state index in [0.717, 1.165) is 19.6 Å². The Morgan fingerprint density at radius 1 is 1.17 bits per heavy atom. The van der Waals surface area contributed by atoms with E-state index in [0.29, 0.717) is 6.04 Å². The van der Waals surface area contributed by atoms with Gasteiger partial charge in [-0.3, -0.25) is 9.58 Å². The second-order valence-corrected chi connectivity index (χ2v) is 5.61. The highest BCUT2D eigenvalue weighted by Gasteiger charge is 2.17. The third kappa shape index (κ3) is 2.93. The minimum absolute atomic E-state index is 0.612. The first-order chi connectivity index (χ1) is 8.92. The molecule has 100 valence electrons. The van der Waals surface area contributed by atoms with Crippen molar-refractivity contribution in [2.24, 2.45) is 0 Å². The number of hydrogen-bond donors (Lipinski definition) is 1. The molecule has 2 saturated heterocycles. The molecule has 1 aromatic heterocycles. The Labute approximate surface area is 109 Å². The molecule has 0 aliphatic carbocycles. The van der Waals surface area contributed by atoms with Crippen LogP contribution in [0.2, 0.25) is 0 Å². The van der Waals surface area contributed by atoms with Gasteiger partial charge >= 0.3 is 0 Å². The van der Waals surface area contributed by atoms with Crippen LogP contribution in [0.15, 0.2) is 12.3 Å². The molecule has 0 aromatic carbocycles. The lowest BCUT2D eigenvalue weighted by Gasteiger charge is -2.25. The zero-order valence-electron chi connectivity index (χ0n) is 11.1. The highest BCUT2D eigenvalue weighted by Crippen LogP contribution is 2.18. The maximum atomic E-state index is 4.78. The van der Waals surface area contributed by atoms with Gasteiger partial charge in [-0.2, -0.15) is 5.10 Å². The Morgan fingerprint density at radius 3 is 2.72 bits per heavy atom. The first-order valence-electron chi connectivity index (χ1n) is 7.39. The molecule has 2 aliphatic heterocycles. The van der Waals surface area contributed by atoms with E-state index in [1.54, 1.807) is 0 Å². The summed E-state index contributed by atoms with van der Waals surface area (Å²) in [4.78, 5) is 2.54. The van der Waals surface area contributed by atoms with E-state index in [9.17, 15) is 0 Å². The van der Waals surface area contributed by atoms with E-state index in [-0.39, 0.29) is 0 Å². The van der Waals surface area contributed by atoms with Gasteiger partial charge in [-0.25, -0.2) is 0 Å². The van der Waals surface area contributed by atoms with Crippen molar-refractivity contribution in [1.29, 1.82) is 0 Å². The van der Waals surface area contributed by atoms with Crippen LogP contribution in [0, 0.1) is 0 Å². The van der Waals surface area contributed by atoms with Crippen LogP contribution in [0.4, 0.5) is 0 Å². The molecule has 1 aromatic rings. The van der Waals surface area contributed by atoms with Crippen LogP contribution in [0.1, 0.15) is 43.8 Å². The topological polar surface area (TPSA) is 33.1 Å². The minimum Gasteiger partial charge on any atom is -0.317 e. The molecule has 0 saturated carbocycles. The summed E-state index contributed by atoms with van der Waals surface area (Å²) in [6.45, 7) is 5.80. The normalized spacial score (nSPS) is 23.3. The summed E-state index contributed by atoms with van der Waals surface area (Å²) in [5.74, 6) is 0. The molecule has 2 fully saturated rings. The first-order valence-corrected chi connectivity index (χ1v) is 7.39. The maximum Gasteiger partial charge on any atom is 0.0764 e. The van der Waals surface area contributed by atoms with Gasteiger partial charge in [-0.05, 0) is 57.9 Å². The molecule has 3 rings (SSSR count). The van der Waals surface area contributed by atoms with Crippen LogP contribution in [0.5, 0.6) is 0 Å². The Kier molecular flexibility index (Phi) is 3.96. The average Bonchev–Trinajstić information content (AvgIpc) is 2.89. The molecule has 4 nitrogen and oxygen atoms in total. The van der Waals surface area contributed by atoms with E-state index < -0.39 is 0 Å². The summed E-state index contributed by atoms with van der Waals surface area (Å²) in [5.41, 5.74) is 1.25. The van der Waals surface area contributed by atoms with E-state index in [1.165, 1.54) is 50.9 Å². The van der Waals surface area contributed by atoms with Crippen molar-refractivity contribution in [3.8, 4) is 0 Å². The number of nitrogens with one attached hydrogen (secondary N) is 1. The quantitative estimate of drug-likeness (QED) is 0.885. The van der Waals surface area contributed by atoms with Crippen molar-refractivity contribution in [1.82, 2.24) is 20.0 Å². The molecule has 4 heteroatoms. The summed E-state index contributed by atoms with van der Waals surface area (Å²) >= 11 is 0. The fraction of sp³-hybridized carbons (Fsp3) is 0.786. The zero-order chi connectivity index (χ0) is 12.2. The molecular formula is C14H24N4. The monoisotopic (exact) mass is 248 g/mol. The highest BCUT2D eigenvalue weighted by molar-refractivity contribution is 5.00. The van der Waals surface area contributed by atoms with Gasteiger partial charge in [0.25, 0.3) is 0 Å². The number of hydrogen-bond acceptors (Lipinski definition) is 3. The molecule has 0 unspecified atom stereocenters.